The fraction of sp³-hybridized carbons (Fsp3) is 0.636. The number of carbonyl (C=O) groups excluding carboxylic acids is 1. The highest BCUT2D eigenvalue weighted by molar-refractivity contribution is 5.94. The fourth-order valence-electron chi connectivity index (χ4n) is 1.89. The molecule has 0 bridgehead atoms. The first-order chi connectivity index (χ1) is 7.72. The fourth-order valence-corrected chi connectivity index (χ4v) is 1.89. The zero-order valence-corrected chi connectivity index (χ0v) is 9.69. The molecular weight excluding hydrogens is 206 g/mol. The van der Waals surface area contributed by atoms with Crippen LogP contribution in [0.4, 0.5) is 5.69 Å². The van der Waals surface area contributed by atoms with Crippen molar-refractivity contribution < 1.29 is 9.53 Å². The standard InChI is InChI=1S/C11H17N3O2/c1-3-14-8(2)9(7-12-14)13-11(15)10-5-4-6-16-10/h7,10H,3-6H2,1-2H3,(H,13,15)/t10-/m0/s1. The minimum Gasteiger partial charge on any atom is -0.368 e. The quantitative estimate of drug-likeness (QED) is 0.841. The van der Waals surface area contributed by atoms with Gasteiger partial charge >= 0.3 is 0 Å². The van der Waals surface area contributed by atoms with E-state index in [4.69, 9.17) is 4.74 Å². The van der Waals surface area contributed by atoms with Crippen LogP contribution < -0.4 is 5.32 Å². The number of aromatic nitrogens is 2. The number of nitrogens with zero attached hydrogens (tertiary/aromatic N) is 2. The van der Waals surface area contributed by atoms with Crippen LogP contribution in [-0.2, 0) is 16.1 Å². The first-order valence-electron chi connectivity index (χ1n) is 5.67. The van der Waals surface area contributed by atoms with Gasteiger partial charge < -0.3 is 10.1 Å². The van der Waals surface area contributed by atoms with Crippen LogP contribution in [0.3, 0.4) is 0 Å². The number of carbonyl (C=O) groups is 1. The molecule has 0 saturated carbocycles. The highest BCUT2D eigenvalue weighted by Gasteiger charge is 2.24. The van der Waals surface area contributed by atoms with E-state index in [0.717, 1.165) is 30.8 Å². The van der Waals surface area contributed by atoms with Crippen LogP contribution in [0.25, 0.3) is 0 Å². The van der Waals surface area contributed by atoms with Crippen molar-refractivity contribution >= 4 is 11.6 Å². The summed E-state index contributed by atoms with van der Waals surface area (Å²) in [6, 6.07) is 0. The second-order valence-corrected chi connectivity index (χ2v) is 3.95. The summed E-state index contributed by atoms with van der Waals surface area (Å²) < 4.78 is 7.17. The van der Waals surface area contributed by atoms with Crippen LogP contribution in [0.5, 0.6) is 0 Å². The Morgan fingerprint density at radius 3 is 3.12 bits per heavy atom. The number of ether oxygens (including phenoxy) is 1. The van der Waals surface area contributed by atoms with Crippen molar-refractivity contribution in [1.29, 1.82) is 0 Å². The first kappa shape index (κ1) is 11.1. The molecule has 1 saturated heterocycles. The van der Waals surface area contributed by atoms with Crippen LogP contribution >= 0.6 is 0 Å². The van der Waals surface area contributed by atoms with Crippen molar-refractivity contribution in [2.45, 2.75) is 39.3 Å². The molecular formula is C11H17N3O2. The van der Waals surface area contributed by atoms with Crippen molar-refractivity contribution in [2.75, 3.05) is 11.9 Å². The lowest BCUT2D eigenvalue weighted by Gasteiger charge is -2.09. The number of hydrogen-bond donors (Lipinski definition) is 1. The number of rotatable bonds is 3. The molecule has 1 amide bonds. The number of nitrogens with one attached hydrogen (secondary N) is 1. The maximum Gasteiger partial charge on any atom is 0.253 e. The van der Waals surface area contributed by atoms with Gasteiger partial charge in [0.1, 0.15) is 6.10 Å². The summed E-state index contributed by atoms with van der Waals surface area (Å²) in [5, 5.41) is 7.03. The Morgan fingerprint density at radius 1 is 1.75 bits per heavy atom. The van der Waals surface area contributed by atoms with Gasteiger partial charge in [-0.1, -0.05) is 0 Å². The van der Waals surface area contributed by atoms with Gasteiger partial charge in [-0.15, -0.1) is 0 Å². The highest BCUT2D eigenvalue weighted by atomic mass is 16.5. The van der Waals surface area contributed by atoms with Crippen molar-refractivity contribution in [2.24, 2.45) is 0 Å². The topological polar surface area (TPSA) is 56.2 Å². The van der Waals surface area contributed by atoms with E-state index in [0.29, 0.717) is 6.61 Å². The summed E-state index contributed by atoms with van der Waals surface area (Å²) >= 11 is 0. The molecule has 1 fully saturated rings. The average molecular weight is 223 g/mol. The molecule has 1 aliphatic rings. The zero-order chi connectivity index (χ0) is 11.5. The predicted molar refractivity (Wildman–Crippen MR) is 60.2 cm³/mol. The molecule has 5 heteroatoms. The van der Waals surface area contributed by atoms with E-state index < -0.39 is 0 Å². The third kappa shape index (κ3) is 2.09. The van der Waals surface area contributed by atoms with E-state index in [1.807, 2.05) is 18.5 Å². The molecule has 1 N–H and O–H groups in total. The van der Waals surface area contributed by atoms with E-state index in [1.165, 1.54) is 0 Å². The largest absolute Gasteiger partial charge is 0.368 e. The molecule has 1 aliphatic heterocycles. The maximum absolute atomic E-state index is 11.8. The number of hydrogen-bond acceptors (Lipinski definition) is 3. The smallest absolute Gasteiger partial charge is 0.253 e. The molecule has 0 unspecified atom stereocenters. The molecule has 0 radical (unpaired) electrons. The van der Waals surface area contributed by atoms with Gasteiger partial charge in [0.15, 0.2) is 0 Å². The van der Waals surface area contributed by atoms with Crippen LogP contribution in [0.2, 0.25) is 0 Å². The maximum atomic E-state index is 11.8. The number of anilines is 1. The Kier molecular flexibility index (Phi) is 3.24. The van der Waals surface area contributed by atoms with Crippen molar-refractivity contribution in [1.82, 2.24) is 9.78 Å². The summed E-state index contributed by atoms with van der Waals surface area (Å²) in [5.41, 5.74) is 1.76. The summed E-state index contributed by atoms with van der Waals surface area (Å²) in [6.07, 6.45) is 3.17. The molecule has 0 aromatic carbocycles. The Balaban J connectivity index is 2.02. The molecule has 1 atom stereocenters. The Bertz CT molecular complexity index is 381. The van der Waals surface area contributed by atoms with Gasteiger partial charge in [0.25, 0.3) is 5.91 Å². The van der Waals surface area contributed by atoms with Gasteiger partial charge in [-0.2, -0.15) is 5.10 Å². The van der Waals surface area contributed by atoms with Crippen LogP contribution in [0, 0.1) is 6.92 Å². The van der Waals surface area contributed by atoms with Crippen LogP contribution in [0.15, 0.2) is 6.20 Å². The van der Waals surface area contributed by atoms with Gasteiger partial charge in [0.2, 0.25) is 0 Å². The molecule has 88 valence electrons. The Labute approximate surface area is 94.8 Å². The normalized spacial score (nSPS) is 20.0. The summed E-state index contributed by atoms with van der Waals surface area (Å²) in [5.74, 6) is -0.0590. The minimum absolute atomic E-state index is 0.0590. The minimum atomic E-state index is -0.288. The zero-order valence-electron chi connectivity index (χ0n) is 9.69. The lowest BCUT2D eigenvalue weighted by molar-refractivity contribution is -0.124. The lowest BCUT2D eigenvalue weighted by Crippen LogP contribution is -2.27. The Hall–Kier alpha value is -1.36. The van der Waals surface area contributed by atoms with Gasteiger partial charge in [-0.25, -0.2) is 0 Å². The second-order valence-electron chi connectivity index (χ2n) is 3.95. The first-order valence-corrected chi connectivity index (χ1v) is 5.67. The van der Waals surface area contributed by atoms with Gasteiger partial charge in [0.05, 0.1) is 17.6 Å². The molecule has 1 aromatic rings. The van der Waals surface area contributed by atoms with Gasteiger partial charge in [-0.3, -0.25) is 9.48 Å². The van der Waals surface area contributed by atoms with Crippen LogP contribution in [-0.4, -0.2) is 28.4 Å². The summed E-state index contributed by atoms with van der Waals surface area (Å²) in [4.78, 5) is 11.8. The molecule has 5 nitrogen and oxygen atoms in total. The molecule has 0 aliphatic carbocycles. The van der Waals surface area contributed by atoms with Gasteiger partial charge in [-0.05, 0) is 26.7 Å². The lowest BCUT2D eigenvalue weighted by atomic mass is 10.2. The monoisotopic (exact) mass is 223 g/mol. The SMILES string of the molecule is CCn1ncc(NC(=O)[C@@H]2CCCO2)c1C. The van der Waals surface area contributed by atoms with E-state index in [1.54, 1.807) is 6.20 Å². The van der Waals surface area contributed by atoms with Crippen LogP contribution in [0.1, 0.15) is 25.5 Å². The number of aryl methyl sites for hydroxylation is 1. The molecule has 1 aromatic heterocycles. The highest BCUT2D eigenvalue weighted by Crippen LogP contribution is 2.17. The average Bonchev–Trinajstić information content (AvgIpc) is 2.89. The third-order valence-electron chi connectivity index (χ3n) is 2.88. The van der Waals surface area contributed by atoms with Crippen molar-refractivity contribution in [3.63, 3.8) is 0 Å². The van der Waals surface area contributed by atoms with E-state index in [-0.39, 0.29) is 12.0 Å². The predicted octanol–water partition coefficient (Wildman–Crippen LogP) is 1.33. The van der Waals surface area contributed by atoms with E-state index in [2.05, 4.69) is 10.4 Å². The summed E-state index contributed by atoms with van der Waals surface area (Å²) in [6.45, 7) is 5.46. The molecule has 0 spiro atoms. The summed E-state index contributed by atoms with van der Waals surface area (Å²) in [7, 11) is 0. The Morgan fingerprint density at radius 2 is 2.56 bits per heavy atom. The number of amides is 1. The van der Waals surface area contributed by atoms with E-state index in [9.17, 15) is 4.79 Å². The molecule has 16 heavy (non-hydrogen) atoms. The second kappa shape index (κ2) is 4.65. The van der Waals surface area contributed by atoms with Crippen molar-refractivity contribution in [3.05, 3.63) is 11.9 Å². The van der Waals surface area contributed by atoms with Gasteiger partial charge in [0, 0.05) is 13.2 Å². The molecule has 2 rings (SSSR count). The third-order valence-corrected chi connectivity index (χ3v) is 2.88. The van der Waals surface area contributed by atoms with E-state index >= 15 is 0 Å². The molecule has 2 heterocycles. The van der Waals surface area contributed by atoms with Crippen molar-refractivity contribution in [3.8, 4) is 0 Å².